The predicted octanol–water partition coefficient (Wildman–Crippen LogP) is 2.64. The number of ether oxygens (including phenoxy) is 1. The van der Waals surface area contributed by atoms with Gasteiger partial charge in [0.25, 0.3) is 11.8 Å². The van der Waals surface area contributed by atoms with Gasteiger partial charge in [-0.2, -0.15) is 0 Å². The Balaban J connectivity index is 1.67. The van der Waals surface area contributed by atoms with E-state index in [1.807, 2.05) is 0 Å². The number of urea groups is 1. The standard InChI is InChI=1S/C23H15ClN2O7/c1-32-19-7-5-14(10-17(19)24)26-21(28)16(20(27)25-23(26)31)11-15-6-8-18(33-15)12-3-2-4-13(9-12)22(29)30/h2-11H,1H3,(H,29,30)(H,25,27,31)/p-1/b16-11-. The van der Waals surface area contributed by atoms with E-state index in [-0.39, 0.29) is 27.6 Å². The lowest BCUT2D eigenvalue weighted by Gasteiger charge is -2.26. The molecular formula is C23H14ClN2O7-. The summed E-state index contributed by atoms with van der Waals surface area (Å²) in [7, 11) is 1.42. The van der Waals surface area contributed by atoms with Gasteiger partial charge in [-0.3, -0.25) is 14.9 Å². The summed E-state index contributed by atoms with van der Waals surface area (Å²) in [5, 5.41) is 13.4. The Labute approximate surface area is 191 Å². The van der Waals surface area contributed by atoms with E-state index >= 15 is 0 Å². The number of barbiturate groups is 1. The van der Waals surface area contributed by atoms with Crippen LogP contribution in [0.3, 0.4) is 0 Å². The first-order valence-electron chi connectivity index (χ1n) is 9.45. The lowest BCUT2D eigenvalue weighted by molar-refractivity contribution is -0.255. The Kier molecular flexibility index (Phi) is 5.72. The van der Waals surface area contributed by atoms with Crippen molar-refractivity contribution in [2.45, 2.75) is 0 Å². The van der Waals surface area contributed by atoms with Crippen LogP contribution in [0.2, 0.25) is 5.02 Å². The summed E-state index contributed by atoms with van der Waals surface area (Å²) >= 11 is 6.10. The van der Waals surface area contributed by atoms with E-state index in [9.17, 15) is 24.3 Å². The van der Waals surface area contributed by atoms with Crippen molar-refractivity contribution in [1.29, 1.82) is 0 Å². The summed E-state index contributed by atoms with van der Waals surface area (Å²) < 4.78 is 10.7. The van der Waals surface area contributed by atoms with Gasteiger partial charge in [-0.25, -0.2) is 9.69 Å². The number of carboxylic acid groups (broad SMARTS) is 1. The third-order valence-electron chi connectivity index (χ3n) is 4.79. The largest absolute Gasteiger partial charge is 0.545 e. The Morgan fingerprint density at radius 1 is 1.12 bits per heavy atom. The van der Waals surface area contributed by atoms with E-state index in [0.717, 1.165) is 4.90 Å². The molecule has 0 bridgehead atoms. The molecule has 0 atom stereocenters. The maximum absolute atomic E-state index is 13.0. The van der Waals surface area contributed by atoms with Crippen molar-refractivity contribution in [3.05, 3.63) is 76.5 Å². The van der Waals surface area contributed by atoms with E-state index in [1.165, 1.54) is 55.7 Å². The van der Waals surface area contributed by atoms with Crippen LogP contribution in [0.15, 0.2) is 64.6 Å². The van der Waals surface area contributed by atoms with Gasteiger partial charge in [-0.15, -0.1) is 0 Å². The number of halogens is 1. The van der Waals surface area contributed by atoms with Crippen LogP contribution < -0.4 is 20.1 Å². The van der Waals surface area contributed by atoms with Crippen molar-refractivity contribution in [2.24, 2.45) is 0 Å². The van der Waals surface area contributed by atoms with Crippen molar-refractivity contribution < 1.29 is 33.4 Å². The van der Waals surface area contributed by atoms with Crippen LogP contribution in [0.1, 0.15) is 16.1 Å². The lowest BCUT2D eigenvalue weighted by atomic mass is 10.1. The SMILES string of the molecule is COc1ccc(N2C(=O)NC(=O)/C(=C/c3ccc(-c4cccc(C(=O)[O-])c4)o3)C2=O)cc1Cl. The van der Waals surface area contributed by atoms with Crippen molar-refractivity contribution in [1.82, 2.24) is 5.32 Å². The molecule has 1 aliphatic rings. The molecule has 2 heterocycles. The van der Waals surface area contributed by atoms with Gasteiger partial charge in [0.05, 0.1) is 23.8 Å². The lowest BCUT2D eigenvalue weighted by Crippen LogP contribution is -2.54. The molecule has 0 aliphatic carbocycles. The van der Waals surface area contributed by atoms with Crippen LogP contribution >= 0.6 is 11.6 Å². The number of aromatic carboxylic acids is 1. The molecule has 33 heavy (non-hydrogen) atoms. The highest BCUT2D eigenvalue weighted by molar-refractivity contribution is 6.39. The normalized spacial score (nSPS) is 15.0. The highest BCUT2D eigenvalue weighted by Crippen LogP contribution is 2.31. The van der Waals surface area contributed by atoms with Gasteiger partial charge < -0.3 is 19.1 Å². The van der Waals surface area contributed by atoms with Gasteiger partial charge in [0.2, 0.25) is 0 Å². The molecule has 2 aromatic carbocycles. The third kappa shape index (κ3) is 4.21. The Hall–Kier alpha value is -4.37. The van der Waals surface area contributed by atoms with E-state index in [1.54, 1.807) is 12.1 Å². The van der Waals surface area contributed by atoms with Crippen LogP contribution in [-0.2, 0) is 9.59 Å². The minimum atomic E-state index is -1.33. The fourth-order valence-corrected chi connectivity index (χ4v) is 3.47. The average molecular weight is 466 g/mol. The third-order valence-corrected chi connectivity index (χ3v) is 5.09. The molecule has 1 aliphatic heterocycles. The zero-order valence-corrected chi connectivity index (χ0v) is 17.7. The number of hydrogen-bond donors (Lipinski definition) is 1. The topological polar surface area (TPSA) is 129 Å². The summed E-state index contributed by atoms with van der Waals surface area (Å²) in [4.78, 5) is 49.5. The quantitative estimate of drug-likeness (QED) is 0.453. The van der Waals surface area contributed by atoms with E-state index in [0.29, 0.717) is 17.1 Å². The monoisotopic (exact) mass is 465 g/mol. The number of carbonyl (C=O) groups is 4. The van der Waals surface area contributed by atoms with Gasteiger partial charge in [0.15, 0.2) is 0 Å². The molecule has 10 heteroatoms. The zero-order valence-electron chi connectivity index (χ0n) is 17.0. The number of carboxylic acids is 1. The molecule has 4 amide bonds. The predicted molar refractivity (Wildman–Crippen MR) is 115 cm³/mol. The maximum atomic E-state index is 13.0. The minimum absolute atomic E-state index is 0.0297. The van der Waals surface area contributed by atoms with Crippen LogP contribution in [-0.4, -0.2) is 30.9 Å². The number of carbonyl (C=O) groups excluding carboxylic acids is 4. The molecule has 0 saturated carbocycles. The van der Waals surface area contributed by atoms with Gasteiger partial charge in [-0.1, -0.05) is 29.8 Å². The minimum Gasteiger partial charge on any atom is -0.545 e. The molecule has 3 aromatic rings. The number of amides is 4. The molecule has 0 radical (unpaired) electrons. The molecule has 1 aromatic heterocycles. The van der Waals surface area contributed by atoms with Crippen molar-refractivity contribution in [3.63, 3.8) is 0 Å². The second kappa shape index (κ2) is 8.64. The maximum Gasteiger partial charge on any atom is 0.335 e. The zero-order chi connectivity index (χ0) is 23.7. The molecular weight excluding hydrogens is 452 g/mol. The van der Waals surface area contributed by atoms with Crippen LogP contribution in [0.5, 0.6) is 5.75 Å². The number of nitrogens with one attached hydrogen (secondary N) is 1. The van der Waals surface area contributed by atoms with Crippen LogP contribution in [0, 0.1) is 0 Å². The van der Waals surface area contributed by atoms with Gasteiger partial charge in [0, 0.05) is 5.56 Å². The van der Waals surface area contributed by atoms with Crippen LogP contribution in [0.25, 0.3) is 17.4 Å². The number of anilines is 1. The molecule has 0 unspecified atom stereocenters. The molecule has 9 nitrogen and oxygen atoms in total. The first-order chi connectivity index (χ1) is 15.8. The highest BCUT2D eigenvalue weighted by Gasteiger charge is 2.37. The number of nitrogens with zero attached hydrogens (tertiary/aromatic N) is 1. The number of benzene rings is 2. The molecule has 4 rings (SSSR count). The number of rotatable bonds is 5. The van der Waals surface area contributed by atoms with E-state index in [4.69, 9.17) is 20.8 Å². The summed E-state index contributed by atoms with van der Waals surface area (Å²) in [6.07, 6.45) is 1.19. The first kappa shape index (κ1) is 21.8. The fourth-order valence-electron chi connectivity index (χ4n) is 3.21. The first-order valence-corrected chi connectivity index (χ1v) is 9.83. The number of methoxy groups -OCH3 is 1. The van der Waals surface area contributed by atoms with E-state index < -0.39 is 23.8 Å². The summed E-state index contributed by atoms with van der Waals surface area (Å²) in [6.45, 7) is 0. The highest BCUT2D eigenvalue weighted by atomic mass is 35.5. The van der Waals surface area contributed by atoms with E-state index in [2.05, 4.69) is 5.32 Å². The average Bonchev–Trinajstić information content (AvgIpc) is 3.25. The van der Waals surface area contributed by atoms with Gasteiger partial charge in [0.1, 0.15) is 22.8 Å². The fraction of sp³-hybridized carbons (Fsp3) is 0.0435. The molecule has 1 fully saturated rings. The van der Waals surface area contributed by atoms with Gasteiger partial charge >= 0.3 is 6.03 Å². The Morgan fingerprint density at radius 2 is 1.91 bits per heavy atom. The van der Waals surface area contributed by atoms with Crippen molar-refractivity contribution in [3.8, 4) is 17.1 Å². The molecule has 1 saturated heterocycles. The number of furan rings is 1. The van der Waals surface area contributed by atoms with Crippen molar-refractivity contribution >= 4 is 47.2 Å². The Morgan fingerprint density at radius 3 is 2.61 bits per heavy atom. The van der Waals surface area contributed by atoms with Gasteiger partial charge in [-0.05, 0) is 48.0 Å². The molecule has 166 valence electrons. The molecule has 0 spiro atoms. The van der Waals surface area contributed by atoms with Crippen LogP contribution in [0.4, 0.5) is 10.5 Å². The second-order valence-corrected chi connectivity index (χ2v) is 7.25. The smallest absolute Gasteiger partial charge is 0.335 e. The number of hydrogen-bond acceptors (Lipinski definition) is 7. The summed E-state index contributed by atoms with van der Waals surface area (Å²) in [6, 6.07) is 12.3. The Bertz CT molecular complexity index is 1340. The molecule has 1 N–H and O–H groups in total. The number of imide groups is 2. The second-order valence-electron chi connectivity index (χ2n) is 6.85. The summed E-state index contributed by atoms with van der Waals surface area (Å²) in [5.41, 5.74) is 0.232. The van der Waals surface area contributed by atoms with Crippen molar-refractivity contribution in [2.75, 3.05) is 12.0 Å². The summed E-state index contributed by atoms with van der Waals surface area (Å²) in [5.74, 6) is -2.30.